The van der Waals surface area contributed by atoms with Gasteiger partial charge in [-0.25, -0.2) is 4.79 Å². The molecule has 0 bridgehead atoms. The molecule has 3 unspecified atom stereocenters. The van der Waals surface area contributed by atoms with Gasteiger partial charge < -0.3 is 25.8 Å². The van der Waals surface area contributed by atoms with Crippen LogP contribution in [0.4, 0.5) is 0 Å². The molecule has 3 amide bonds. The molecule has 0 spiro atoms. The van der Waals surface area contributed by atoms with E-state index < -0.39 is 78.2 Å². The van der Waals surface area contributed by atoms with E-state index in [1.807, 2.05) is 13.8 Å². The first-order valence-electron chi connectivity index (χ1n) is 20.2. The number of carboxylic acid groups (broad SMARTS) is 1. The summed E-state index contributed by atoms with van der Waals surface area (Å²) in [7, 11) is 0. The van der Waals surface area contributed by atoms with Crippen molar-refractivity contribution in [2.75, 3.05) is 13.2 Å². The number of amides is 3. The highest BCUT2D eigenvalue weighted by Crippen LogP contribution is 2.37. The van der Waals surface area contributed by atoms with Gasteiger partial charge in [-0.15, -0.1) is 0 Å². The van der Waals surface area contributed by atoms with Gasteiger partial charge in [-0.3, -0.25) is 33.6 Å². The minimum atomic E-state index is -1.18. The lowest BCUT2D eigenvalue weighted by atomic mass is 9.75. The molecule has 4 N–H and O–H groups in total. The van der Waals surface area contributed by atoms with Gasteiger partial charge in [0.2, 0.25) is 23.5 Å². The number of Topliss-reactive ketones (excluding diaryl/α,β-unsaturated/α-hetero) is 4. The molecule has 0 radical (unpaired) electrons. The van der Waals surface area contributed by atoms with Crippen molar-refractivity contribution in [1.82, 2.24) is 10.2 Å². The number of carbonyl (C=O) groups is 8. The number of nitrogens with two attached hydrogens (primary N) is 1. The normalized spacial score (nSPS) is 21.4. The Labute approximate surface area is 314 Å². The fraction of sp³-hybridized carbons (Fsp3) is 0.800. The molecule has 0 aromatic rings. The molecule has 3 rings (SSSR count). The number of nitrogens with one attached hydrogen (secondary N) is 1. The van der Waals surface area contributed by atoms with E-state index >= 15 is 0 Å². The van der Waals surface area contributed by atoms with Crippen LogP contribution in [-0.2, 0) is 43.1 Å². The summed E-state index contributed by atoms with van der Waals surface area (Å²) in [6.07, 6.45) is 11.5. The highest BCUT2D eigenvalue weighted by molar-refractivity contribution is 6.38. The Morgan fingerprint density at radius 2 is 1.51 bits per heavy atom. The Morgan fingerprint density at radius 1 is 0.849 bits per heavy atom. The highest BCUT2D eigenvalue weighted by Gasteiger charge is 2.45. The summed E-state index contributed by atoms with van der Waals surface area (Å²) in [6.45, 7) is 3.15. The number of unbranched alkanes of at least 4 members (excludes halogenated alkanes) is 1. The lowest BCUT2D eigenvalue weighted by Crippen LogP contribution is -2.47. The Bertz CT molecular complexity index is 1290. The van der Waals surface area contributed by atoms with Crippen molar-refractivity contribution < 1.29 is 48.2 Å². The molecule has 0 aromatic carbocycles. The van der Waals surface area contributed by atoms with Crippen molar-refractivity contribution in [3.8, 4) is 0 Å². The summed E-state index contributed by atoms with van der Waals surface area (Å²) in [4.78, 5) is 106. The summed E-state index contributed by atoms with van der Waals surface area (Å²) in [6, 6.07) is -1.87. The second kappa shape index (κ2) is 22.7. The second-order valence-electron chi connectivity index (χ2n) is 15.6. The van der Waals surface area contributed by atoms with Gasteiger partial charge in [0.15, 0.2) is 11.6 Å². The van der Waals surface area contributed by atoms with Gasteiger partial charge in [-0.1, -0.05) is 84.5 Å². The number of carboxylic acids is 1. The summed E-state index contributed by atoms with van der Waals surface area (Å²) < 4.78 is 5.59. The monoisotopic (exact) mass is 745 g/mol. The smallest absolute Gasteiger partial charge is 0.329 e. The van der Waals surface area contributed by atoms with Crippen molar-refractivity contribution in [3.05, 3.63) is 0 Å². The van der Waals surface area contributed by atoms with E-state index in [2.05, 4.69) is 5.32 Å². The van der Waals surface area contributed by atoms with Crippen LogP contribution in [-0.4, -0.2) is 88.2 Å². The van der Waals surface area contributed by atoms with E-state index in [4.69, 9.17) is 10.5 Å². The largest absolute Gasteiger partial charge is 0.480 e. The van der Waals surface area contributed by atoms with Crippen molar-refractivity contribution in [2.24, 2.45) is 29.4 Å². The number of hydrogen-bond donors (Lipinski definition) is 3. The number of rotatable bonds is 24. The van der Waals surface area contributed by atoms with Crippen LogP contribution in [0.3, 0.4) is 0 Å². The Balaban J connectivity index is 1.74. The number of likely N-dealkylation sites (tertiary alicyclic amines) is 1. The molecule has 13 nitrogen and oxygen atoms in total. The highest BCUT2D eigenvalue weighted by atomic mass is 16.5. The molecule has 1 aliphatic heterocycles. The lowest BCUT2D eigenvalue weighted by molar-refractivity contribution is -0.146. The fourth-order valence-electron chi connectivity index (χ4n) is 8.49. The van der Waals surface area contributed by atoms with Gasteiger partial charge in [0.25, 0.3) is 0 Å². The van der Waals surface area contributed by atoms with Crippen LogP contribution in [0, 0.1) is 23.7 Å². The molecular weight excluding hydrogens is 682 g/mol. The molecule has 53 heavy (non-hydrogen) atoms. The first-order valence-corrected chi connectivity index (χ1v) is 20.2. The minimum absolute atomic E-state index is 0.00423. The predicted molar refractivity (Wildman–Crippen MR) is 196 cm³/mol. The Kier molecular flexibility index (Phi) is 18.8. The maximum Gasteiger partial charge on any atom is 0.329 e. The van der Waals surface area contributed by atoms with Gasteiger partial charge >= 0.3 is 5.97 Å². The van der Waals surface area contributed by atoms with Crippen LogP contribution in [0.1, 0.15) is 149 Å². The molecule has 2 saturated carbocycles. The van der Waals surface area contributed by atoms with E-state index in [-0.39, 0.29) is 56.3 Å². The van der Waals surface area contributed by atoms with Gasteiger partial charge in [0, 0.05) is 56.9 Å². The molecule has 13 heteroatoms. The lowest BCUT2D eigenvalue weighted by Gasteiger charge is -2.34. The third-order valence-corrected chi connectivity index (χ3v) is 11.4. The minimum Gasteiger partial charge on any atom is -0.480 e. The number of ketones is 4. The number of ether oxygens (including phenoxy) is 1. The molecular formula is C40H63N3O10. The van der Waals surface area contributed by atoms with Crippen LogP contribution in [0.25, 0.3) is 0 Å². The number of nitrogens with zero attached hydrogens (tertiary/aromatic N) is 1. The van der Waals surface area contributed by atoms with Crippen LogP contribution in [0.15, 0.2) is 0 Å². The third kappa shape index (κ3) is 14.4. The first-order chi connectivity index (χ1) is 25.3. The zero-order chi connectivity index (χ0) is 38.9. The maximum atomic E-state index is 14.5. The van der Waals surface area contributed by atoms with E-state index in [0.29, 0.717) is 31.6 Å². The average molecular weight is 746 g/mol. The fourth-order valence-corrected chi connectivity index (χ4v) is 8.49. The molecule has 5 atom stereocenters. The standard InChI is InChI=1S/C40H63N3O10/c1-3-5-17-32(39(41)51)42-36(47)19-18-34(45)38(50)28(12-4-2)21-35(46)33-23-30(53-25-37(48)49)24-43(33)40(52)31(27-15-10-7-11-16-27)22-29(44)20-26-13-8-6-9-14-26/h26-28,30-33H,3-25H2,1-2H3,(H2,41,51)(H,42,47)(H,48,49)/t28?,30-,31?,32?,33+/m1/s1. The van der Waals surface area contributed by atoms with Crippen LogP contribution >= 0.6 is 0 Å². The molecule has 1 saturated heterocycles. The zero-order valence-electron chi connectivity index (χ0n) is 32.0. The summed E-state index contributed by atoms with van der Waals surface area (Å²) in [5.74, 6) is -5.91. The number of aliphatic carboxylic acids is 1. The Morgan fingerprint density at radius 3 is 2.11 bits per heavy atom. The average Bonchev–Trinajstić information content (AvgIpc) is 3.58. The second-order valence-corrected chi connectivity index (χ2v) is 15.6. The molecule has 2 aliphatic carbocycles. The predicted octanol–water partition coefficient (Wildman–Crippen LogP) is 4.64. The van der Waals surface area contributed by atoms with E-state index in [9.17, 15) is 43.5 Å². The van der Waals surface area contributed by atoms with Crippen molar-refractivity contribution in [2.45, 2.75) is 167 Å². The van der Waals surface area contributed by atoms with E-state index in [0.717, 1.165) is 64.2 Å². The summed E-state index contributed by atoms with van der Waals surface area (Å²) in [5, 5.41) is 11.8. The summed E-state index contributed by atoms with van der Waals surface area (Å²) in [5.41, 5.74) is 5.40. The molecule has 3 aliphatic rings. The molecule has 298 valence electrons. The SMILES string of the molecule is CCCCC(NC(=O)CCC(=O)C(=O)C(CCC)CC(=O)[C@@H]1C[C@@H](OCC(=O)O)CN1C(=O)C(CC(=O)CC1CCCCC1)C1CCCCC1)C(N)=O. The van der Waals surface area contributed by atoms with E-state index in [1.54, 1.807) is 0 Å². The Hall–Kier alpha value is -3.48. The molecule has 1 heterocycles. The zero-order valence-corrected chi connectivity index (χ0v) is 32.0. The van der Waals surface area contributed by atoms with Crippen molar-refractivity contribution >= 4 is 46.8 Å². The van der Waals surface area contributed by atoms with Crippen LogP contribution < -0.4 is 11.1 Å². The molecule has 3 fully saturated rings. The van der Waals surface area contributed by atoms with E-state index in [1.165, 1.54) is 11.3 Å². The van der Waals surface area contributed by atoms with Crippen molar-refractivity contribution in [1.29, 1.82) is 0 Å². The first kappa shape index (κ1) is 43.9. The van der Waals surface area contributed by atoms with Gasteiger partial charge in [-0.2, -0.15) is 0 Å². The van der Waals surface area contributed by atoms with Gasteiger partial charge in [-0.05, 0) is 37.5 Å². The van der Waals surface area contributed by atoms with Gasteiger partial charge in [0.05, 0.1) is 12.1 Å². The number of carbonyl (C=O) groups excluding carboxylic acids is 7. The van der Waals surface area contributed by atoms with Crippen molar-refractivity contribution in [3.63, 3.8) is 0 Å². The van der Waals surface area contributed by atoms with Gasteiger partial charge in [0.1, 0.15) is 18.4 Å². The third-order valence-electron chi connectivity index (χ3n) is 11.4. The topological polar surface area (TPSA) is 207 Å². The quantitative estimate of drug-likeness (QED) is 0.117. The number of primary amides is 1. The van der Waals surface area contributed by atoms with Crippen LogP contribution in [0.2, 0.25) is 0 Å². The molecule has 0 aromatic heterocycles. The van der Waals surface area contributed by atoms with Crippen LogP contribution in [0.5, 0.6) is 0 Å². The number of hydrogen-bond acceptors (Lipinski definition) is 9. The summed E-state index contributed by atoms with van der Waals surface area (Å²) >= 11 is 0. The maximum absolute atomic E-state index is 14.5.